The second-order valence-electron chi connectivity index (χ2n) is 6.06. The van der Waals surface area contributed by atoms with Crippen LogP contribution in [0.25, 0.3) is 0 Å². The van der Waals surface area contributed by atoms with Gasteiger partial charge in [-0.25, -0.2) is 4.79 Å². The highest BCUT2D eigenvalue weighted by atomic mass is 16.5. The molecule has 1 aliphatic heterocycles. The molecule has 0 saturated carbocycles. The molecule has 0 bridgehead atoms. The van der Waals surface area contributed by atoms with Crippen molar-refractivity contribution in [2.75, 3.05) is 25.5 Å². The van der Waals surface area contributed by atoms with E-state index in [-0.39, 0.29) is 6.54 Å². The fourth-order valence-corrected chi connectivity index (χ4v) is 2.35. The van der Waals surface area contributed by atoms with Crippen LogP contribution in [-0.4, -0.2) is 59.9 Å². The monoisotopic (exact) mass is 347 g/mol. The SMILES string of the molecule is Cc1ccc(C)c(NC(=O)[C@H](C)OC(=O)CN2C(=O)CN(C)C2=O)c1. The van der Waals surface area contributed by atoms with Crippen LogP contribution in [0, 0.1) is 13.8 Å². The van der Waals surface area contributed by atoms with E-state index in [2.05, 4.69) is 5.32 Å². The molecule has 134 valence electrons. The maximum Gasteiger partial charge on any atom is 0.327 e. The standard InChI is InChI=1S/C17H21N3O5/c1-10-5-6-11(2)13(7-10)18-16(23)12(3)25-15(22)9-20-14(21)8-19(4)17(20)24/h5-7,12H,8-9H2,1-4H3,(H,18,23)/t12-/m0/s1. The first kappa shape index (κ1) is 18.4. The smallest absolute Gasteiger partial charge is 0.327 e. The van der Waals surface area contributed by atoms with Crippen LogP contribution in [0.3, 0.4) is 0 Å². The zero-order valence-corrected chi connectivity index (χ0v) is 14.7. The molecule has 0 aromatic heterocycles. The zero-order chi connectivity index (χ0) is 18.7. The number of carbonyl (C=O) groups is 4. The molecule has 1 saturated heterocycles. The molecule has 1 aromatic carbocycles. The number of urea groups is 1. The summed E-state index contributed by atoms with van der Waals surface area (Å²) in [6.45, 7) is 4.60. The number of carbonyl (C=O) groups excluding carboxylic acids is 4. The molecule has 1 aliphatic rings. The van der Waals surface area contributed by atoms with E-state index in [0.29, 0.717) is 5.69 Å². The van der Waals surface area contributed by atoms with Gasteiger partial charge in [0.15, 0.2) is 6.10 Å². The van der Waals surface area contributed by atoms with Crippen molar-refractivity contribution >= 4 is 29.5 Å². The summed E-state index contributed by atoms with van der Waals surface area (Å²) in [7, 11) is 1.46. The van der Waals surface area contributed by atoms with Crippen molar-refractivity contribution in [2.45, 2.75) is 26.9 Å². The van der Waals surface area contributed by atoms with Crippen LogP contribution >= 0.6 is 0 Å². The molecule has 0 radical (unpaired) electrons. The lowest BCUT2D eigenvalue weighted by Gasteiger charge is -2.17. The van der Waals surface area contributed by atoms with E-state index in [4.69, 9.17) is 4.74 Å². The second kappa shape index (κ2) is 7.33. The maximum absolute atomic E-state index is 12.2. The largest absolute Gasteiger partial charge is 0.451 e. The summed E-state index contributed by atoms with van der Waals surface area (Å²) in [6.07, 6.45) is -1.06. The quantitative estimate of drug-likeness (QED) is 0.635. The van der Waals surface area contributed by atoms with Crippen molar-refractivity contribution in [2.24, 2.45) is 0 Å². The fourth-order valence-electron chi connectivity index (χ4n) is 2.35. The summed E-state index contributed by atoms with van der Waals surface area (Å²) in [4.78, 5) is 49.5. The van der Waals surface area contributed by atoms with Crippen molar-refractivity contribution < 1.29 is 23.9 Å². The molecule has 2 rings (SSSR count). The van der Waals surface area contributed by atoms with E-state index in [0.717, 1.165) is 16.0 Å². The number of ether oxygens (including phenoxy) is 1. The molecule has 1 aromatic rings. The Balaban J connectivity index is 1.92. The first-order valence-corrected chi connectivity index (χ1v) is 7.82. The van der Waals surface area contributed by atoms with E-state index in [1.807, 2.05) is 32.0 Å². The highest BCUT2D eigenvalue weighted by Crippen LogP contribution is 2.17. The summed E-state index contributed by atoms with van der Waals surface area (Å²) >= 11 is 0. The lowest BCUT2D eigenvalue weighted by Crippen LogP contribution is -2.39. The van der Waals surface area contributed by atoms with E-state index in [9.17, 15) is 19.2 Å². The van der Waals surface area contributed by atoms with Gasteiger partial charge in [0.1, 0.15) is 13.1 Å². The highest BCUT2D eigenvalue weighted by Gasteiger charge is 2.35. The van der Waals surface area contributed by atoms with Crippen LogP contribution in [-0.2, 0) is 19.1 Å². The van der Waals surface area contributed by atoms with Gasteiger partial charge in [-0.3, -0.25) is 19.3 Å². The molecule has 4 amide bonds. The molecule has 1 N–H and O–H groups in total. The van der Waals surface area contributed by atoms with Crippen LogP contribution in [0.4, 0.5) is 10.5 Å². The Kier molecular flexibility index (Phi) is 5.41. The minimum atomic E-state index is -1.06. The topological polar surface area (TPSA) is 96.0 Å². The average molecular weight is 347 g/mol. The van der Waals surface area contributed by atoms with Crippen LogP contribution in [0.2, 0.25) is 0 Å². The number of anilines is 1. The van der Waals surface area contributed by atoms with Gasteiger partial charge in [0, 0.05) is 12.7 Å². The first-order chi connectivity index (χ1) is 11.7. The van der Waals surface area contributed by atoms with Gasteiger partial charge in [0.05, 0.1) is 0 Å². The number of hydrogen-bond acceptors (Lipinski definition) is 5. The van der Waals surface area contributed by atoms with E-state index in [1.54, 1.807) is 0 Å². The Hall–Kier alpha value is -2.90. The van der Waals surface area contributed by atoms with Crippen molar-refractivity contribution in [1.82, 2.24) is 9.80 Å². The predicted molar refractivity (Wildman–Crippen MR) is 89.8 cm³/mol. The van der Waals surface area contributed by atoms with Crippen LogP contribution in [0.5, 0.6) is 0 Å². The van der Waals surface area contributed by atoms with Gasteiger partial charge in [-0.15, -0.1) is 0 Å². The number of imide groups is 1. The van der Waals surface area contributed by atoms with E-state index >= 15 is 0 Å². The zero-order valence-electron chi connectivity index (χ0n) is 14.7. The van der Waals surface area contributed by atoms with Crippen LogP contribution in [0.1, 0.15) is 18.1 Å². The van der Waals surface area contributed by atoms with Gasteiger partial charge in [0.25, 0.3) is 11.8 Å². The Bertz CT molecular complexity index is 731. The van der Waals surface area contributed by atoms with Crippen molar-refractivity contribution in [3.63, 3.8) is 0 Å². The predicted octanol–water partition coefficient (Wildman–Crippen LogP) is 1.07. The molecule has 25 heavy (non-hydrogen) atoms. The van der Waals surface area contributed by atoms with Gasteiger partial charge in [-0.1, -0.05) is 12.1 Å². The molecule has 0 spiro atoms. The normalized spacial score (nSPS) is 15.4. The van der Waals surface area contributed by atoms with E-state index in [1.165, 1.54) is 18.9 Å². The summed E-state index contributed by atoms with van der Waals surface area (Å²) in [5, 5.41) is 2.70. The number of nitrogens with zero attached hydrogens (tertiary/aromatic N) is 2. The first-order valence-electron chi connectivity index (χ1n) is 7.82. The van der Waals surface area contributed by atoms with Crippen molar-refractivity contribution in [3.05, 3.63) is 29.3 Å². The number of rotatable bonds is 5. The van der Waals surface area contributed by atoms with Crippen molar-refractivity contribution in [3.8, 4) is 0 Å². The number of likely N-dealkylation sites (N-methyl/N-ethyl adjacent to an activating group) is 1. The number of nitrogens with one attached hydrogen (secondary N) is 1. The maximum atomic E-state index is 12.2. The van der Waals surface area contributed by atoms with Gasteiger partial charge in [-0.2, -0.15) is 0 Å². The lowest BCUT2D eigenvalue weighted by molar-refractivity contribution is -0.154. The average Bonchev–Trinajstić information content (AvgIpc) is 2.77. The third-order valence-corrected chi connectivity index (χ3v) is 3.85. The molecule has 8 nitrogen and oxygen atoms in total. The van der Waals surface area contributed by atoms with Crippen LogP contribution < -0.4 is 5.32 Å². The van der Waals surface area contributed by atoms with E-state index < -0.39 is 36.5 Å². The highest BCUT2D eigenvalue weighted by molar-refractivity contribution is 6.04. The molecular formula is C17H21N3O5. The fraction of sp³-hybridized carbons (Fsp3) is 0.412. The van der Waals surface area contributed by atoms with Crippen molar-refractivity contribution in [1.29, 1.82) is 0 Å². The Labute approximate surface area is 145 Å². The number of esters is 1. The molecule has 0 unspecified atom stereocenters. The van der Waals surface area contributed by atoms with Gasteiger partial charge < -0.3 is 15.0 Å². The molecule has 8 heteroatoms. The minimum absolute atomic E-state index is 0.0746. The minimum Gasteiger partial charge on any atom is -0.451 e. The third kappa shape index (κ3) is 4.34. The molecule has 1 heterocycles. The summed E-state index contributed by atoms with van der Waals surface area (Å²) in [5.74, 6) is -1.78. The summed E-state index contributed by atoms with van der Waals surface area (Å²) in [5.41, 5.74) is 2.51. The number of benzene rings is 1. The molecule has 1 atom stereocenters. The summed E-state index contributed by atoms with van der Waals surface area (Å²) < 4.78 is 5.03. The molecule has 0 aliphatic carbocycles. The summed E-state index contributed by atoms with van der Waals surface area (Å²) in [6, 6.07) is 5.06. The molecular weight excluding hydrogens is 326 g/mol. The van der Waals surface area contributed by atoms with Gasteiger partial charge >= 0.3 is 12.0 Å². The lowest BCUT2D eigenvalue weighted by atomic mass is 10.1. The van der Waals surface area contributed by atoms with Gasteiger partial charge in [-0.05, 0) is 38.0 Å². The number of amides is 4. The Morgan fingerprint density at radius 2 is 1.96 bits per heavy atom. The van der Waals surface area contributed by atoms with Gasteiger partial charge in [0.2, 0.25) is 0 Å². The Morgan fingerprint density at radius 3 is 2.56 bits per heavy atom. The number of hydrogen-bond donors (Lipinski definition) is 1. The second-order valence-corrected chi connectivity index (χ2v) is 6.06. The third-order valence-electron chi connectivity index (χ3n) is 3.85. The Morgan fingerprint density at radius 1 is 1.28 bits per heavy atom. The molecule has 1 fully saturated rings. The van der Waals surface area contributed by atoms with Crippen LogP contribution in [0.15, 0.2) is 18.2 Å². The number of aryl methyl sites for hydroxylation is 2.